The standard InChI is InChI=1S/C8H8ClN3O2S/c9-15(13,14)6-5-12-8-4-2-1-3-7(8)10-11-12/h1-4H,5-6H2. The summed E-state index contributed by atoms with van der Waals surface area (Å²) in [5.41, 5.74) is 1.54. The molecule has 7 heteroatoms. The summed E-state index contributed by atoms with van der Waals surface area (Å²) >= 11 is 0. The van der Waals surface area contributed by atoms with Crippen LogP contribution in [-0.2, 0) is 15.6 Å². The van der Waals surface area contributed by atoms with Crippen LogP contribution in [0.3, 0.4) is 0 Å². The number of nitrogens with zero attached hydrogens (tertiary/aromatic N) is 3. The summed E-state index contributed by atoms with van der Waals surface area (Å²) in [6.45, 7) is 0.215. The number of hydrogen-bond donors (Lipinski definition) is 0. The van der Waals surface area contributed by atoms with Crippen molar-refractivity contribution < 1.29 is 8.42 Å². The van der Waals surface area contributed by atoms with Gasteiger partial charge < -0.3 is 0 Å². The third kappa shape index (κ3) is 2.45. The van der Waals surface area contributed by atoms with Gasteiger partial charge in [0.1, 0.15) is 5.52 Å². The molecule has 1 aromatic heterocycles. The second-order valence-electron chi connectivity index (χ2n) is 3.04. The van der Waals surface area contributed by atoms with Crippen LogP contribution < -0.4 is 0 Å². The summed E-state index contributed by atoms with van der Waals surface area (Å²) in [6.07, 6.45) is 0. The first kappa shape index (κ1) is 10.4. The van der Waals surface area contributed by atoms with Gasteiger partial charge in [0.15, 0.2) is 0 Å². The molecule has 0 amide bonds. The van der Waals surface area contributed by atoms with E-state index in [-0.39, 0.29) is 12.3 Å². The molecule has 0 spiro atoms. The van der Waals surface area contributed by atoms with E-state index in [0.29, 0.717) is 0 Å². The van der Waals surface area contributed by atoms with Crippen LogP contribution >= 0.6 is 10.7 Å². The molecule has 0 fully saturated rings. The second-order valence-corrected chi connectivity index (χ2v) is 5.94. The summed E-state index contributed by atoms with van der Waals surface area (Å²) in [5.74, 6) is -0.151. The number of para-hydroxylation sites is 1. The van der Waals surface area contributed by atoms with Gasteiger partial charge >= 0.3 is 0 Å². The first-order valence-electron chi connectivity index (χ1n) is 4.27. The maximum Gasteiger partial charge on any atom is 0.234 e. The number of benzene rings is 1. The van der Waals surface area contributed by atoms with Crippen molar-refractivity contribution in [1.82, 2.24) is 15.0 Å². The van der Waals surface area contributed by atoms with E-state index in [1.807, 2.05) is 24.3 Å². The number of aryl methyl sites for hydroxylation is 1. The van der Waals surface area contributed by atoms with E-state index < -0.39 is 9.05 Å². The molecule has 80 valence electrons. The molecule has 15 heavy (non-hydrogen) atoms. The van der Waals surface area contributed by atoms with Crippen molar-refractivity contribution in [2.75, 3.05) is 5.75 Å². The lowest BCUT2D eigenvalue weighted by Gasteiger charge is -1.98. The molecule has 0 radical (unpaired) electrons. The molecule has 0 unspecified atom stereocenters. The molecule has 0 aliphatic rings. The van der Waals surface area contributed by atoms with E-state index in [9.17, 15) is 8.42 Å². The van der Waals surface area contributed by atoms with E-state index in [2.05, 4.69) is 10.3 Å². The Morgan fingerprint density at radius 1 is 1.33 bits per heavy atom. The van der Waals surface area contributed by atoms with E-state index >= 15 is 0 Å². The highest BCUT2D eigenvalue weighted by atomic mass is 35.7. The fraction of sp³-hybridized carbons (Fsp3) is 0.250. The molecule has 0 bridgehead atoms. The molecular formula is C8H8ClN3O2S. The minimum Gasteiger partial charge on any atom is -0.244 e. The van der Waals surface area contributed by atoms with Crippen molar-refractivity contribution in [2.24, 2.45) is 0 Å². The molecule has 2 aromatic rings. The van der Waals surface area contributed by atoms with Gasteiger partial charge in [0.25, 0.3) is 0 Å². The van der Waals surface area contributed by atoms with Crippen LogP contribution in [0.4, 0.5) is 0 Å². The average molecular weight is 246 g/mol. The van der Waals surface area contributed by atoms with Gasteiger partial charge in [-0.25, -0.2) is 13.1 Å². The molecule has 2 rings (SSSR count). The molecule has 1 heterocycles. The van der Waals surface area contributed by atoms with E-state index in [1.165, 1.54) is 4.68 Å². The van der Waals surface area contributed by atoms with Gasteiger partial charge in [-0.2, -0.15) is 0 Å². The lowest BCUT2D eigenvalue weighted by molar-refractivity contribution is 0.591. The van der Waals surface area contributed by atoms with Gasteiger partial charge in [-0.15, -0.1) is 5.10 Å². The maximum absolute atomic E-state index is 10.8. The third-order valence-corrected chi connectivity index (χ3v) is 3.10. The van der Waals surface area contributed by atoms with Gasteiger partial charge in [0.2, 0.25) is 9.05 Å². The Kier molecular flexibility index (Phi) is 2.62. The summed E-state index contributed by atoms with van der Waals surface area (Å²) in [6, 6.07) is 7.33. The first-order valence-corrected chi connectivity index (χ1v) is 6.75. The zero-order valence-corrected chi connectivity index (χ0v) is 9.24. The highest BCUT2D eigenvalue weighted by molar-refractivity contribution is 8.13. The van der Waals surface area contributed by atoms with Crippen molar-refractivity contribution in [2.45, 2.75) is 6.54 Å². The van der Waals surface area contributed by atoms with E-state index in [1.54, 1.807) is 0 Å². The zero-order valence-electron chi connectivity index (χ0n) is 7.67. The lowest BCUT2D eigenvalue weighted by atomic mass is 10.3. The van der Waals surface area contributed by atoms with Crippen molar-refractivity contribution in [3.05, 3.63) is 24.3 Å². The monoisotopic (exact) mass is 245 g/mol. The van der Waals surface area contributed by atoms with Gasteiger partial charge in [0.05, 0.1) is 17.8 Å². The predicted molar refractivity (Wildman–Crippen MR) is 57.2 cm³/mol. The fourth-order valence-corrected chi connectivity index (χ4v) is 1.88. The highest BCUT2D eigenvalue weighted by Gasteiger charge is 2.08. The van der Waals surface area contributed by atoms with Crippen molar-refractivity contribution in [3.8, 4) is 0 Å². The molecule has 0 aliphatic heterocycles. The second kappa shape index (κ2) is 3.79. The minimum atomic E-state index is -3.49. The molecular weight excluding hydrogens is 238 g/mol. The predicted octanol–water partition coefficient (Wildman–Crippen LogP) is 1.000. The van der Waals surface area contributed by atoms with Crippen LogP contribution in [0, 0.1) is 0 Å². The first-order chi connectivity index (χ1) is 7.06. The van der Waals surface area contributed by atoms with Crippen LogP contribution in [0.25, 0.3) is 11.0 Å². The topological polar surface area (TPSA) is 64.8 Å². The van der Waals surface area contributed by atoms with Crippen LogP contribution in [0.5, 0.6) is 0 Å². The van der Waals surface area contributed by atoms with Gasteiger partial charge in [-0.1, -0.05) is 17.3 Å². The van der Waals surface area contributed by atoms with Gasteiger partial charge in [-0.3, -0.25) is 0 Å². The van der Waals surface area contributed by atoms with Crippen LogP contribution in [0.1, 0.15) is 0 Å². The zero-order chi connectivity index (χ0) is 10.9. The number of fused-ring (bicyclic) bond motifs is 1. The average Bonchev–Trinajstić information content (AvgIpc) is 2.57. The van der Waals surface area contributed by atoms with Crippen LogP contribution in [-0.4, -0.2) is 29.2 Å². The van der Waals surface area contributed by atoms with Crippen molar-refractivity contribution >= 4 is 30.8 Å². The molecule has 0 N–H and O–H groups in total. The van der Waals surface area contributed by atoms with Crippen LogP contribution in [0.15, 0.2) is 24.3 Å². The Hall–Kier alpha value is -1.14. The summed E-state index contributed by atoms with van der Waals surface area (Å²) in [5, 5.41) is 7.74. The number of halogens is 1. The maximum atomic E-state index is 10.8. The third-order valence-electron chi connectivity index (χ3n) is 1.97. The van der Waals surface area contributed by atoms with Crippen LogP contribution in [0.2, 0.25) is 0 Å². The Morgan fingerprint density at radius 2 is 2.07 bits per heavy atom. The smallest absolute Gasteiger partial charge is 0.234 e. The molecule has 5 nitrogen and oxygen atoms in total. The minimum absolute atomic E-state index is 0.151. The Bertz CT molecular complexity index is 578. The molecule has 0 saturated carbocycles. The Labute approximate surface area is 91.1 Å². The lowest BCUT2D eigenvalue weighted by Crippen LogP contribution is -2.09. The fourth-order valence-electron chi connectivity index (χ4n) is 1.28. The number of rotatable bonds is 3. The molecule has 0 saturated heterocycles. The Balaban J connectivity index is 2.29. The largest absolute Gasteiger partial charge is 0.244 e. The van der Waals surface area contributed by atoms with E-state index in [0.717, 1.165) is 11.0 Å². The quantitative estimate of drug-likeness (QED) is 0.757. The molecule has 0 aliphatic carbocycles. The number of hydrogen-bond acceptors (Lipinski definition) is 4. The van der Waals surface area contributed by atoms with Gasteiger partial charge in [-0.05, 0) is 12.1 Å². The highest BCUT2D eigenvalue weighted by Crippen LogP contribution is 2.10. The van der Waals surface area contributed by atoms with Crippen molar-refractivity contribution in [1.29, 1.82) is 0 Å². The molecule has 0 atom stereocenters. The van der Waals surface area contributed by atoms with Gasteiger partial charge in [0, 0.05) is 10.7 Å². The molecule has 1 aromatic carbocycles. The van der Waals surface area contributed by atoms with Crippen molar-refractivity contribution in [3.63, 3.8) is 0 Å². The Morgan fingerprint density at radius 3 is 2.80 bits per heavy atom. The summed E-state index contributed by atoms with van der Waals surface area (Å²) < 4.78 is 23.1. The van der Waals surface area contributed by atoms with E-state index in [4.69, 9.17) is 10.7 Å². The normalized spacial score (nSPS) is 12.1. The SMILES string of the molecule is O=S(=O)(Cl)CCn1nnc2ccccc21. The number of aromatic nitrogens is 3. The summed E-state index contributed by atoms with van der Waals surface area (Å²) in [7, 11) is 1.63. The summed E-state index contributed by atoms with van der Waals surface area (Å²) in [4.78, 5) is 0.